The monoisotopic (exact) mass is 283 g/mol. The van der Waals surface area contributed by atoms with Crippen LogP contribution < -0.4 is 0 Å². The summed E-state index contributed by atoms with van der Waals surface area (Å²) < 4.78 is 4.97. The minimum atomic E-state index is -0.893. The Bertz CT molecular complexity index is 380. The molecule has 0 saturated carbocycles. The summed E-state index contributed by atoms with van der Waals surface area (Å²) >= 11 is 0. The van der Waals surface area contributed by atoms with E-state index in [2.05, 4.69) is 0 Å². The summed E-state index contributed by atoms with van der Waals surface area (Å²) in [6.45, 7) is 1.73. The van der Waals surface area contributed by atoms with E-state index in [4.69, 9.17) is 15.1 Å². The molecule has 1 aliphatic rings. The number of rotatable bonds is 7. The zero-order valence-electron chi connectivity index (χ0n) is 11.7. The Kier molecular flexibility index (Phi) is 6.81. The van der Waals surface area contributed by atoms with Crippen LogP contribution in [0.3, 0.4) is 0 Å². The average Bonchev–Trinajstić information content (AvgIpc) is 2.85. The highest BCUT2D eigenvalue weighted by atomic mass is 16.5. The molecule has 1 aliphatic heterocycles. The number of urea groups is 1. The highest BCUT2D eigenvalue weighted by Crippen LogP contribution is 2.21. The molecule has 1 rings (SSSR count). The summed E-state index contributed by atoms with van der Waals surface area (Å²) in [6.07, 6.45) is 1.77. The van der Waals surface area contributed by atoms with Gasteiger partial charge in [0.1, 0.15) is 0 Å². The Labute approximate surface area is 118 Å². The number of carboxylic acid groups (broad SMARTS) is 1. The average molecular weight is 283 g/mol. The number of carboxylic acids is 1. The number of hydrogen-bond acceptors (Lipinski definition) is 4. The van der Waals surface area contributed by atoms with Crippen LogP contribution in [0.4, 0.5) is 4.79 Å². The van der Waals surface area contributed by atoms with Crippen LogP contribution in [0.15, 0.2) is 0 Å². The van der Waals surface area contributed by atoms with Gasteiger partial charge in [0, 0.05) is 32.8 Å². The van der Waals surface area contributed by atoms with Crippen molar-refractivity contribution in [2.24, 2.45) is 0 Å². The molecule has 1 saturated heterocycles. The maximum absolute atomic E-state index is 12.4. The van der Waals surface area contributed by atoms with E-state index in [1.165, 1.54) is 0 Å². The van der Waals surface area contributed by atoms with Crippen molar-refractivity contribution in [1.82, 2.24) is 9.80 Å². The number of nitriles is 1. The molecule has 7 nitrogen and oxygen atoms in total. The normalized spacial score (nSPS) is 17.8. The van der Waals surface area contributed by atoms with Crippen LogP contribution in [0.25, 0.3) is 0 Å². The van der Waals surface area contributed by atoms with Crippen LogP contribution in [0.5, 0.6) is 0 Å². The molecular weight excluding hydrogens is 262 g/mol. The summed E-state index contributed by atoms with van der Waals surface area (Å²) in [5, 5.41) is 17.5. The van der Waals surface area contributed by atoms with Gasteiger partial charge < -0.3 is 19.6 Å². The summed E-state index contributed by atoms with van der Waals surface area (Å²) in [6, 6.07) is 1.58. The van der Waals surface area contributed by atoms with Crippen LogP contribution in [0.2, 0.25) is 0 Å². The minimum absolute atomic E-state index is 0.0257. The van der Waals surface area contributed by atoms with Gasteiger partial charge in [-0.2, -0.15) is 5.26 Å². The molecule has 0 bridgehead atoms. The predicted molar refractivity (Wildman–Crippen MR) is 71.1 cm³/mol. The third kappa shape index (κ3) is 4.70. The fourth-order valence-corrected chi connectivity index (χ4v) is 2.37. The number of carbonyl (C=O) groups excluding carboxylic acids is 1. The largest absolute Gasteiger partial charge is 0.481 e. The quantitative estimate of drug-likeness (QED) is 0.749. The van der Waals surface area contributed by atoms with Gasteiger partial charge >= 0.3 is 12.0 Å². The van der Waals surface area contributed by atoms with Crippen molar-refractivity contribution in [2.75, 3.05) is 33.4 Å². The molecule has 1 unspecified atom stereocenters. The van der Waals surface area contributed by atoms with Gasteiger partial charge in [-0.15, -0.1) is 0 Å². The fraction of sp³-hybridized carbons (Fsp3) is 0.769. The Morgan fingerprint density at radius 3 is 2.85 bits per heavy atom. The van der Waals surface area contributed by atoms with Gasteiger partial charge in [0.2, 0.25) is 0 Å². The van der Waals surface area contributed by atoms with Crippen molar-refractivity contribution in [3.63, 3.8) is 0 Å². The van der Waals surface area contributed by atoms with E-state index >= 15 is 0 Å². The van der Waals surface area contributed by atoms with Gasteiger partial charge in [0.05, 0.1) is 25.5 Å². The lowest BCUT2D eigenvalue weighted by Crippen LogP contribution is -2.47. The van der Waals surface area contributed by atoms with E-state index in [9.17, 15) is 9.59 Å². The van der Waals surface area contributed by atoms with Crippen molar-refractivity contribution in [2.45, 2.75) is 31.7 Å². The standard InChI is InChI=1S/C13H21N3O4/c1-20-9-8-15(6-3-5-14)13(19)16-7-2-4-11(16)10-12(17)18/h11H,2-4,6-10H2,1H3,(H,17,18). The zero-order chi connectivity index (χ0) is 15.0. The van der Waals surface area contributed by atoms with Gasteiger partial charge in [0.25, 0.3) is 0 Å². The van der Waals surface area contributed by atoms with Gasteiger partial charge in [-0.1, -0.05) is 0 Å². The number of carbonyl (C=O) groups is 2. The van der Waals surface area contributed by atoms with Crippen LogP contribution >= 0.6 is 0 Å². The van der Waals surface area contributed by atoms with Gasteiger partial charge in [0.15, 0.2) is 0 Å². The van der Waals surface area contributed by atoms with Crippen LogP contribution in [0, 0.1) is 11.3 Å². The van der Waals surface area contributed by atoms with Crippen molar-refractivity contribution in [3.05, 3.63) is 0 Å². The second-order valence-electron chi connectivity index (χ2n) is 4.76. The third-order valence-electron chi connectivity index (χ3n) is 3.36. The first-order chi connectivity index (χ1) is 9.60. The molecule has 1 atom stereocenters. The lowest BCUT2D eigenvalue weighted by molar-refractivity contribution is -0.138. The van der Waals surface area contributed by atoms with E-state index in [1.807, 2.05) is 6.07 Å². The molecule has 0 radical (unpaired) electrons. The molecule has 0 aromatic carbocycles. The molecule has 7 heteroatoms. The Morgan fingerprint density at radius 2 is 2.25 bits per heavy atom. The van der Waals surface area contributed by atoms with Crippen molar-refractivity contribution < 1.29 is 19.4 Å². The summed E-state index contributed by atoms with van der Waals surface area (Å²) in [7, 11) is 1.55. The van der Waals surface area contributed by atoms with Crippen molar-refractivity contribution in [3.8, 4) is 6.07 Å². The Morgan fingerprint density at radius 1 is 1.50 bits per heavy atom. The molecule has 1 fully saturated rings. The second kappa shape index (κ2) is 8.38. The van der Waals surface area contributed by atoms with Crippen LogP contribution in [-0.4, -0.2) is 66.3 Å². The topological polar surface area (TPSA) is 93.9 Å². The highest BCUT2D eigenvalue weighted by molar-refractivity contribution is 5.76. The first kappa shape index (κ1) is 16.2. The summed E-state index contributed by atoms with van der Waals surface area (Å²) in [4.78, 5) is 26.4. The maximum atomic E-state index is 12.4. The zero-order valence-corrected chi connectivity index (χ0v) is 11.7. The molecule has 0 aromatic heterocycles. The molecule has 1 heterocycles. The molecule has 1 N–H and O–H groups in total. The van der Waals surface area contributed by atoms with E-state index in [0.717, 1.165) is 6.42 Å². The van der Waals surface area contributed by atoms with E-state index in [0.29, 0.717) is 32.7 Å². The van der Waals surface area contributed by atoms with Gasteiger partial charge in [-0.3, -0.25) is 4.79 Å². The lowest BCUT2D eigenvalue weighted by Gasteiger charge is -2.30. The van der Waals surface area contributed by atoms with Crippen molar-refractivity contribution >= 4 is 12.0 Å². The van der Waals surface area contributed by atoms with Crippen LogP contribution in [-0.2, 0) is 9.53 Å². The molecule has 20 heavy (non-hydrogen) atoms. The molecule has 2 amide bonds. The molecule has 0 aliphatic carbocycles. The number of ether oxygens (including phenoxy) is 1. The first-order valence-electron chi connectivity index (χ1n) is 6.73. The Hall–Kier alpha value is -1.81. The first-order valence-corrected chi connectivity index (χ1v) is 6.73. The minimum Gasteiger partial charge on any atom is -0.481 e. The predicted octanol–water partition coefficient (Wildman–Crippen LogP) is 0.908. The summed E-state index contributed by atoms with van der Waals surface area (Å²) in [5.74, 6) is -0.893. The van der Waals surface area contributed by atoms with E-state index in [1.54, 1.807) is 16.9 Å². The highest BCUT2D eigenvalue weighted by Gasteiger charge is 2.32. The number of methoxy groups -OCH3 is 1. The van der Waals surface area contributed by atoms with E-state index < -0.39 is 5.97 Å². The number of nitrogens with zero attached hydrogens (tertiary/aromatic N) is 3. The van der Waals surface area contributed by atoms with Crippen LogP contribution in [0.1, 0.15) is 25.7 Å². The Balaban J connectivity index is 2.66. The SMILES string of the molecule is COCCN(CCC#N)C(=O)N1CCCC1CC(=O)O. The molecule has 0 aromatic rings. The number of likely N-dealkylation sites (tertiary alicyclic amines) is 1. The number of hydrogen-bond donors (Lipinski definition) is 1. The number of amides is 2. The molecule has 0 spiro atoms. The van der Waals surface area contributed by atoms with Gasteiger partial charge in [-0.25, -0.2) is 4.79 Å². The molecular formula is C13H21N3O4. The lowest BCUT2D eigenvalue weighted by atomic mass is 10.1. The molecule has 112 valence electrons. The second-order valence-corrected chi connectivity index (χ2v) is 4.76. The van der Waals surface area contributed by atoms with Crippen molar-refractivity contribution in [1.29, 1.82) is 5.26 Å². The van der Waals surface area contributed by atoms with E-state index in [-0.39, 0.29) is 24.9 Å². The summed E-state index contributed by atoms with van der Waals surface area (Å²) in [5.41, 5.74) is 0. The van der Waals surface area contributed by atoms with Gasteiger partial charge in [-0.05, 0) is 12.8 Å². The maximum Gasteiger partial charge on any atom is 0.320 e. The smallest absolute Gasteiger partial charge is 0.320 e. The fourth-order valence-electron chi connectivity index (χ4n) is 2.37. The third-order valence-corrected chi connectivity index (χ3v) is 3.36. The number of aliphatic carboxylic acids is 1.